The number of nitrogens with two attached hydrogens (primary N) is 1. The number of halogens is 1. The van der Waals surface area contributed by atoms with E-state index in [0.29, 0.717) is 5.69 Å². The summed E-state index contributed by atoms with van der Waals surface area (Å²) in [6.07, 6.45) is 0.106. The molecule has 0 unspecified atom stereocenters. The van der Waals surface area contributed by atoms with Crippen molar-refractivity contribution in [2.45, 2.75) is 24.6 Å². The normalized spacial score (nSPS) is 19.1. The van der Waals surface area contributed by atoms with Crippen molar-refractivity contribution in [3.8, 4) is 0 Å². The number of ether oxygens (including phenoxy) is 1. The van der Waals surface area contributed by atoms with Crippen LogP contribution in [0.2, 0.25) is 0 Å². The molecule has 0 aromatic heterocycles. The number of benzene rings is 1. The average molecular weight is 401 g/mol. The van der Waals surface area contributed by atoms with Crippen LogP contribution in [0, 0.1) is 0 Å². The van der Waals surface area contributed by atoms with E-state index in [4.69, 9.17) is 10.5 Å². The molecule has 124 valence electrons. The molecule has 23 heavy (non-hydrogen) atoms. The smallest absolute Gasteiger partial charge is 0.323 e. The Labute approximate surface area is 146 Å². The summed E-state index contributed by atoms with van der Waals surface area (Å²) in [5.74, 6) is -0.795. The molecule has 2 amide bonds. The molecule has 0 bridgehead atoms. The number of carbonyl (C=O) groups excluding carboxylic acids is 3. The Morgan fingerprint density at radius 2 is 2.09 bits per heavy atom. The summed E-state index contributed by atoms with van der Waals surface area (Å²) in [6.45, 7) is 1.96. The van der Waals surface area contributed by atoms with Crippen LogP contribution in [-0.4, -0.2) is 41.4 Å². The first-order valence-electron chi connectivity index (χ1n) is 7.10. The number of hydrogen-bond acceptors (Lipinski definition) is 6. The maximum Gasteiger partial charge on any atom is 0.323 e. The van der Waals surface area contributed by atoms with Gasteiger partial charge in [-0.15, -0.1) is 11.8 Å². The predicted octanol–water partition coefficient (Wildman–Crippen LogP) is 1.70. The van der Waals surface area contributed by atoms with Gasteiger partial charge in [0.1, 0.15) is 6.04 Å². The summed E-state index contributed by atoms with van der Waals surface area (Å²) in [5.41, 5.74) is 6.26. The third-order valence-electron chi connectivity index (χ3n) is 3.26. The fraction of sp³-hybridized carbons (Fsp3) is 0.400. The summed E-state index contributed by atoms with van der Waals surface area (Å²) in [6, 6.07) is 6.15. The average Bonchev–Trinajstić information content (AvgIpc) is 2.80. The Bertz CT molecular complexity index is 608. The highest BCUT2D eigenvalue weighted by atomic mass is 79.9. The lowest BCUT2D eigenvalue weighted by Crippen LogP contribution is -2.36. The molecule has 1 saturated heterocycles. The molecular weight excluding hydrogens is 384 g/mol. The highest BCUT2D eigenvalue weighted by Gasteiger charge is 2.40. The number of nitrogens with zero attached hydrogens (tertiary/aromatic N) is 1. The van der Waals surface area contributed by atoms with Crippen LogP contribution in [0.3, 0.4) is 0 Å². The number of hydrogen-bond donors (Lipinski definition) is 1. The van der Waals surface area contributed by atoms with E-state index in [1.54, 1.807) is 31.2 Å². The molecule has 1 heterocycles. The first-order valence-corrected chi connectivity index (χ1v) is 8.94. The van der Waals surface area contributed by atoms with Crippen LogP contribution in [0.25, 0.3) is 0 Å². The van der Waals surface area contributed by atoms with Crippen molar-refractivity contribution in [2.75, 3.05) is 17.3 Å². The fourth-order valence-corrected chi connectivity index (χ4v) is 3.48. The molecular formula is C15H17BrN2O4S. The van der Waals surface area contributed by atoms with Gasteiger partial charge in [0, 0.05) is 16.6 Å². The van der Waals surface area contributed by atoms with Crippen LogP contribution in [0.4, 0.5) is 5.69 Å². The van der Waals surface area contributed by atoms with E-state index in [1.807, 2.05) is 0 Å². The van der Waals surface area contributed by atoms with Crippen LogP contribution in [0.15, 0.2) is 28.7 Å². The first-order chi connectivity index (χ1) is 10.9. The number of amides is 2. The molecule has 1 aliphatic rings. The number of anilines is 1. The van der Waals surface area contributed by atoms with Crippen molar-refractivity contribution in [1.82, 2.24) is 0 Å². The standard InChI is InChI=1S/C15H17BrN2O4S/c1-2-22-15(21)11(17)8-23-12-7-13(19)18(14(12)20)10-5-3-9(16)4-6-10/h3-6,11-12H,2,7-8,17H2,1H3/t11-,12+/m0/s1. The quantitative estimate of drug-likeness (QED) is 0.577. The van der Waals surface area contributed by atoms with Crippen molar-refractivity contribution >= 4 is 51.2 Å². The van der Waals surface area contributed by atoms with Gasteiger partial charge in [-0.25, -0.2) is 4.90 Å². The van der Waals surface area contributed by atoms with Gasteiger partial charge in [0.15, 0.2) is 0 Å². The summed E-state index contributed by atoms with van der Waals surface area (Å²) in [5, 5.41) is -0.522. The van der Waals surface area contributed by atoms with Gasteiger partial charge < -0.3 is 10.5 Å². The molecule has 6 nitrogen and oxygen atoms in total. The zero-order valence-corrected chi connectivity index (χ0v) is 14.9. The molecule has 1 fully saturated rings. The lowest BCUT2D eigenvalue weighted by Gasteiger charge is -2.15. The maximum absolute atomic E-state index is 12.4. The third kappa shape index (κ3) is 4.33. The van der Waals surface area contributed by atoms with E-state index < -0.39 is 17.3 Å². The highest BCUT2D eigenvalue weighted by molar-refractivity contribution is 9.10. The van der Waals surface area contributed by atoms with Crippen LogP contribution < -0.4 is 10.6 Å². The van der Waals surface area contributed by atoms with Gasteiger partial charge >= 0.3 is 5.97 Å². The molecule has 0 spiro atoms. The maximum atomic E-state index is 12.4. The molecule has 1 aromatic rings. The van der Waals surface area contributed by atoms with Crippen LogP contribution in [0.1, 0.15) is 13.3 Å². The van der Waals surface area contributed by atoms with E-state index in [0.717, 1.165) is 4.47 Å². The van der Waals surface area contributed by atoms with Crippen molar-refractivity contribution < 1.29 is 19.1 Å². The van der Waals surface area contributed by atoms with Crippen molar-refractivity contribution in [1.29, 1.82) is 0 Å². The number of thioether (sulfide) groups is 1. The van der Waals surface area contributed by atoms with Gasteiger partial charge in [-0.2, -0.15) is 0 Å². The Kier molecular flexibility index (Phi) is 6.20. The number of imide groups is 1. The van der Waals surface area contributed by atoms with Crippen molar-refractivity contribution in [3.05, 3.63) is 28.7 Å². The second-order valence-electron chi connectivity index (χ2n) is 4.93. The molecule has 0 saturated carbocycles. The Hall–Kier alpha value is -1.38. The minimum atomic E-state index is -0.801. The van der Waals surface area contributed by atoms with Gasteiger partial charge in [0.25, 0.3) is 0 Å². The monoisotopic (exact) mass is 400 g/mol. The van der Waals surface area contributed by atoms with Crippen molar-refractivity contribution in [3.63, 3.8) is 0 Å². The van der Waals surface area contributed by atoms with E-state index in [1.165, 1.54) is 16.7 Å². The lowest BCUT2D eigenvalue weighted by atomic mass is 10.3. The summed E-state index contributed by atoms with van der Waals surface area (Å²) >= 11 is 4.53. The summed E-state index contributed by atoms with van der Waals surface area (Å²) in [7, 11) is 0. The molecule has 2 rings (SSSR count). The van der Waals surface area contributed by atoms with Crippen molar-refractivity contribution in [2.24, 2.45) is 5.73 Å². The molecule has 0 radical (unpaired) electrons. The zero-order valence-electron chi connectivity index (χ0n) is 12.5. The number of carbonyl (C=O) groups is 3. The fourth-order valence-electron chi connectivity index (χ4n) is 2.13. The first kappa shape index (κ1) is 18.0. The van der Waals surface area contributed by atoms with E-state index in [-0.39, 0.29) is 30.6 Å². The Morgan fingerprint density at radius 3 is 2.70 bits per heavy atom. The largest absolute Gasteiger partial charge is 0.465 e. The summed E-state index contributed by atoms with van der Waals surface area (Å²) < 4.78 is 5.69. The van der Waals surface area contributed by atoms with Crippen LogP contribution >= 0.6 is 27.7 Å². The third-order valence-corrected chi connectivity index (χ3v) is 5.11. The van der Waals surface area contributed by atoms with Crippen LogP contribution in [0.5, 0.6) is 0 Å². The minimum absolute atomic E-state index is 0.106. The predicted molar refractivity (Wildman–Crippen MR) is 92.1 cm³/mol. The van der Waals surface area contributed by atoms with E-state index >= 15 is 0 Å². The Balaban J connectivity index is 1.98. The zero-order chi connectivity index (χ0) is 17.0. The highest BCUT2D eigenvalue weighted by Crippen LogP contribution is 2.30. The van der Waals surface area contributed by atoms with Gasteiger partial charge in [0.05, 0.1) is 17.5 Å². The molecule has 1 aliphatic heterocycles. The Morgan fingerprint density at radius 1 is 1.43 bits per heavy atom. The van der Waals surface area contributed by atoms with Gasteiger partial charge in [0.2, 0.25) is 11.8 Å². The second kappa shape index (κ2) is 7.94. The molecule has 1 aromatic carbocycles. The lowest BCUT2D eigenvalue weighted by molar-refractivity contribution is -0.144. The number of esters is 1. The summed E-state index contributed by atoms with van der Waals surface area (Å²) in [4.78, 5) is 37.2. The van der Waals surface area contributed by atoms with Gasteiger partial charge in [-0.05, 0) is 31.2 Å². The minimum Gasteiger partial charge on any atom is -0.465 e. The van der Waals surface area contributed by atoms with E-state index in [9.17, 15) is 14.4 Å². The second-order valence-corrected chi connectivity index (χ2v) is 7.08. The molecule has 0 aliphatic carbocycles. The SMILES string of the molecule is CCOC(=O)[C@@H](N)CS[C@@H]1CC(=O)N(c2ccc(Br)cc2)C1=O. The van der Waals surface area contributed by atoms with Gasteiger partial charge in [-0.3, -0.25) is 14.4 Å². The number of rotatable bonds is 6. The van der Waals surface area contributed by atoms with Crippen LogP contribution in [-0.2, 0) is 19.1 Å². The molecule has 2 atom stereocenters. The molecule has 2 N–H and O–H groups in total. The van der Waals surface area contributed by atoms with E-state index in [2.05, 4.69) is 15.9 Å². The molecule has 8 heteroatoms. The van der Waals surface area contributed by atoms with Gasteiger partial charge in [-0.1, -0.05) is 15.9 Å². The topological polar surface area (TPSA) is 89.7 Å².